The Morgan fingerprint density at radius 2 is 1.63 bits per heavy atom. The summed E-state index contributed by atoms with van der Waals surface area (Å²) in [4.78, 5) is 31.0. The number of amides is 2. The minimum Gasteiger partial charge on any atom is -0.343 e. The highest BCUT2D eigenvalue weighted by atomic mass is 32.2. The van der Waals surface area contributed by atoms with Crippen molar-refractivity contribution < 1.29 is 18.0 Å². The molecule has 46 heavy (non-hydrogen) atoms. The molecule has 2 aliphatic rings. The lowest BCUT2D eigenvalue weighted by Gasteiger charge is -2.25. The molecule has 11 heteroatoms. The van der Waals surface area contributed by atoms with Crippen LogP contribution in [0.15, 0.2) is 36.4 Å². The van der Waals surface area contributed by atoms with Crippen molar-refractivity contribution in [2.75, 3.05) is 41.8 Å². The smallest absolute Gasteiger partial charge is 0.303 e. The van der Waals surface area contributed by atoms with Gasteiger partial charge in [-0.1, -0.05) is 50.5 Å². The molecule has 1 fully saturated rings. The average molecular weight is 647 g/mol. The molecule has 0 saturated heterocycles. The molecule has 2 aromatic carbocycles. The quantitative estimate of drug-likeness (QED) is 0.276. The summed E-state index contributed by atoms with van der Waals surface area (Å²) in [6, 6.07) is 12.1. The van der Waals surface area contributed by atoms with Gasteiger partial charge in [-0.15, -0.1) is 0 Å². The van der Waals surface area contributed by atoms with Gasteiger partial charge in [0, 0.05) is 80.8 Å². The Hall–Kier alpha value is -3.67. The van der Waals surface area contributed by atoms with Crippen LogP contribution in [0, 0.1) is 0 Å². The number of carbonyl (C=O) groups is 2. The zero-order valence-electron chi connectivity index (χ0n) is 27.9. The van der Waals surface area contributed by atoms with E-state index in [1.807, 2.05) is 26.2 Å². The van der Waals surface area contributed by atoms with Crippen molar-refractivity contribution in [1.29, 1.82) is 0 Å². The van der Waals surface area contributed by atoms with Crippen molar-refractivity contribution in [3.63, 3.8) is 0 Å². The van der Waals surface area contributed by atoms with E-state index < -0.39 is 16.1 Å². The lowest BCUT2D eigenvalue weighted by atomic mass is 9.81. The van der Waals surface area contributed by atoms with Crippen molar-refractivity contribution in [3.8, 4) is 11.3 Å². The SMILES string of the molecule is CCN(C)Cc1c(C(=O)N(C)C)n2c3c(cccc13)-c1c(C3CCCCC3)c3ccc(C(=O)NS(=O)(=O)N(C)C)cc3n1CCC2. The summed E-state index contributed by atoms with van der Waals surface area (Å²) in [6.45, 7) is 5.05. The maximum absolute atomic E-state index is 13.9. The van der Waals surface area contributed by atoms with Crippen molar-refractivity contribution >= 4 is 43.8 Å². The molecular formula is C35H46N6O4S. The fourth-order valence-corrected chi connectivity index (χ4v) is 7.93. The van der Waals surface area contributed by atoms with E-state index in [0.717, 1.165) is 74.4 Å². The predicted molar refractivity (Wildman–Crippen MR) is 183 cm³/mol. The van der Waals surface area contributed by atoms with Gasteiger partial charge in [0.15, 0.2) is 0 Å². The Labute approximate surface area is 272 Å². The lowest BCUT2D eigenvalue weighted by Crippen LogP contribution is -2.39. The van der Waals surface area contributed by atoms with Gasteiger partial charge in [-0.25, -0.2) is 4.72 Å². The molecular weight excluding hydrogens is 600 g/mol. The zero-order valence-corrected chi connectivity index (χ0v) is 28.7. The van der Waals surface area contributed by atoms with E-state index in [4.69, 9.17) is 0 Å². The van der Waals surface area contributed by atoms with Gasteiger partial charge in [-0.3, -0.25) is 9.59 Å². The first-order valence-electron chi connectivity index (χ1n) is 16.4. The topological polar surface area (TPSA) is 99.9 Å². The van der Waals surface area contributed by atoms with Crippen LogP contribution >= 0.6 is 0 Å². The summed E-state index contributed by atoms with van der Waals surface area (Å²) in [5.41, 5.74) is 7.72. The Morgan fingerprint density at radius 1 is 0.913 bits per heavy atom. The number of fused-ring (bicyclic) bond motifs is 4. The number of para-hydroxylation sites is 1. The molecule has 1 saturated carbocycles. The molecule has 1 aliphatic heterocycles. The monoisotopic (exact) mass is 646 g/mol. The maximum Gasteiger partial charge on any atom is 0.303 e. The largest absolute Gasteiger partial charge is 0.343 e. The van der Waals surface area contributed by atoms with Crippen LogP contribution in [0.25, 0.3) is 33.1 Å². The number of aryl methyl sites for hydroxylation is 2. The van der Waals surface area contributed by atoms with Crippen LogP contribution in [-0.2, 0) is 29.8 Å². The second kappa shape index (κ2) is 12.5. The second-order valence-electron chi connectivity index (χ2n) is 13.3. The number of hydrogen-bond acceptors (Lipinski definition) is 5. The highest BCUT2D eigenvalue weighted by Crippen LogP contribution is 2.47. The minimum absolute atomic E-state index is 0.0126. The summed E-state index contributed by atoms with van der Waals surface area (Å²) < 4.78 is 32.8. The molecule has 0 spiro atoms. The summed E-state index contributed by atoms with van der Waals surface area (Å²) in [5, 5.41) is 2.21. The Morgan fingerprint density at radius 3 is 2.30 bits per heavy atom. The Kier molecular flexibility index (Phi) is 8.77. The van der Waals surface area contributed by atoms with Gasteiger partial charge < -0.3 is 18.9 Å². The molecule has 0 unspecified atom stereocenters. The predicted octanol–water partition coefficient (Wildman–Crippen LogP) is 5.40. The van der Waals surface area contributed by atoms with Crippen LogP contribution in [0.4, 0.5) is 0 Å². The van der Waals surface area contributed by atoms with E-state index >= 15 is 0 Å². The van der Waals surface area contributed by atoms with E-state index in [-0.39, 0.29) is 5.91 Å². The average Bonchev–Trinajstić information content (AvgIpc) is 3.51. The standard InChI is InChI=1S/C35H46N6O4S/c1-7-39(6)22-28-25-15-11-16-27-31(25)41(33(28)35(43)37(2)3)20-12-19-40-29-21-24(34(42)36-46(44,45)38(4)5)17-18-26(29)30(32(27)40)23-13-9-8-10-14-23/h11,15-18,21,23H,7-10,12-14,19-20,22H2,1-6H3,(H,36,42). The number of benzene rings is 2. The number of aromatic nitrogens is 2. The Balaban J connectivity index is 1.64. The highest BCUT2D eigenvalue weighted by molar-refractivity contribution is 7.87. The number of nitrogens with zero attached hydrogens (tertiary/aromatic N) is 5. The summed E-state index contributed by atoms with van der Waals surface area (Å²) in [5.74, 6) is -0.268. The third-order valence-corrected chi connectivity index (χ3v) is 11.3. The van der Waals surface area contributed by atoms with E-state index in [0.29, 0.717) is 31.1 Å². The molecule has 2 aromatic heterocycles. The molecule has 246 valence electrons. The van der Waals surface area contributed by atoms with Crippen LogP contribution in [0.2, 0.25) is 0 Å². The van der Waals surface area contributed by atoms with Crippen LogP contribution < -0.4 is 4.72 Å². The van der Waals surface area contributed by atoms with Gasteiger partial charge in [-0.05, 0) is 56.5 Å². The van der Waals surface area contributed by atoms with Gasteiger partial charge in [-0.2, -0.15) is 12.7 Å². The molecule has 0 radical (unpaired) electrons. The first kappa shape index (κ1) is 32.3. The van der Waals surface area contributed by atoms with Gasteiger partial charge in [0.2, 0.25) is 0 Å². The van der Waals surface area contributed by atoms with Crippen molar-refractivity contribution in [2.45, 2.75) is 71.0 Å². The van der Waals surface area contributed by atoms with E-state index in [2.05, 4.69) is 50.9 Å². The fourth-order valence-electron chi connectivity index (χ4n) is 7.39. The van der Waals surface area contributed by atoms with Crippen LogP contribution in [0.1, 0.15) is 83.3 Å². The number of hydrogen-bond donors (Lipinski definition) is 1. The van der Waals surface area contributed by atoms with Gasteiger partial charge >= 0.3 is 10.2 Å². The molecule has 0 atom stereocenters. The van der Waals surface area contributed by atoms with Crippen LogP contribution in [0.5, 0.6) is 0 Å². The van der Waals surface area contributed by atoms with Gasteiger partial charge in [0.1, 0.15) is 5.69 Å². The van der Waals surface area contributed by atoms with Gasteiger partial charge in [0.25, 0.3) is 11.8 Å². The number of rotatable bonds is 8. The summed E-state index contributed by atoms with van der Waals surface area (Å²) >= 11 is 0. The zero-order chi connectivity index (χ0) is 32.9. The van der Waals surface area contributed by atoms with Crippen molar-refractivity contribution in [1.82, 2.24) is 28.0 Å². The fraction of sp³-hybridized carbons (Fsp3) is 0.486. The first-order chi connectivity index (χ1) is 21.9. The molecule has 6 rings (SSSR count). The molecule has 1 N–H and O–H groups in total. The molecule has 2 amide bonds. The van der Waals surface area contributed by atoms with E-state index in [1.54, 1.807) is 11.0 Å². The molecule has 1 aliphatic carbocycles. The third kappa shape index (κ3) is 5.52. The van der Waals surface area contributed by atoms with Crippen molar-refractivity contribution in [2.24, 2.45) is 0 Å². The summed E-state index contributed by atoms with van der Waals surface area (Å²) in [7, 11) is 4.58. The minimum atomic E-state index is -3.93. The molecule has 3 heterocycles. The van der Waals surface area contributed by atoms with Crippen molar-refractivity contribution in [3.05, 3.63) is 58.8 Å². The van der Waals surface area contributed by atoms with Crippen LogP contribution in [-0.4, -0.2) is 85.3 Å². The molecule has 4 aromatic rings. The molecule has 0 bridgehead atoms. The normalized spacial score (nSPS) is 15.7. The number of carbonyl (C=O) groups excluding carboxylic acids is 2. The van der Waals surface area contributed by atoms with Gasteiger partial charge in [0.05, 0.1) is 11.2 Å². The lowest BCUT2D eigenvalue weighted by molar-refractivity contribution is 0.0815. The third-order valence-electron chi connectivity index (χ3n) is 9.86. The highest BCUT2D eigenvalue weighted by Gasteiger charge is 2.32. The summed E-state index contributed by atoms with van der Waals surface area (Å²) in [6.07, 6.45) is 6.58. The number of nitrogens with one attached hydrogen (secondary N) is 1. The Bertz CT molecular complexity index is 1930. The second-order valence-corrected chi connectivity index (χ2v) is 15.1. The maximum atomic E-state index is 13.9. The first-order valence-corrected chi connectivity index (χ1v) is 17.8. The van der Waals surface area contributed by atoms with E-state index in [9.17, 15) is 18.0 Å². The van der Waals surface area contributed by atoms with Crippen LogP contribution in [0.3, 0.4) is 0 Å². The van der Waals surface area contributed by atoms with E-state index in [1.165, 1.54) is 38.9 Å². The molecule has 10 nitrogen and oxygen atoms in total.